The Morgan fingerprint density at radius 2 is 1.56 bits per heavy atom. The molecule has 0 aliphatic rings. The number of nitrogens with zero attached hydrogens (tertiary/aromatic N) is 1. The molecule has 0 saturated heterocycles. The van der Waals surface area contributed by atoms with Crippen LogP contribution in [0, 0.1) is 20.8 Å². The van der Waals surface area contributed by atoms with Gasteiger partial charge in [-0.15, -0.1) is 0 Å². The average Bonchev–Trinajstić information content (AvgIpc) is 2.60. The van der Waals surface area contributed by atoms with Gasteiger partial charge in [0.1, 0.15) is 5.69 Å². The highest BCUT2D eigenvalue weighted by Crippen LogP contribution is 2.22. The van der Waals surface area contributed by atoms with E-state index in [0.717, 1.165) is 28.2 Å². The van der Waals surface area contributed by atoms with Crippen molar-refractivity contribution < 1.29 is 4.79 Å². The smallest absolute Gasteiger partial charge is 0.274 e. The predicted molar refractivity (Wildman–Crippen MR) is 103 cm³/mol. The molecule has 3 rings (SSSR count). The summed E-state index contributed by atoms with van der Waals surface area (Å²) in [5.41, 5.74) is 6.49. The largest absolute Gasteiger partial charge is 0.355 e. The molecule has 1 aromatic heterocycles. The van der Waals surface area contributed by atoms with Crippen molar-refractivity contribution in [1.82, 2.24) is 4.98 Å². The van der Waals surface area contributed by atoms with E-state index < -0.39 is 0 Å². The van der Waals surface area contributed by atoms with Gasteiger partial charge in [0.15, 0.2) is 0 Å². The van der Waals surface area contributed by atoms with Crippen LogP contribution in [-0.4, -0.2) is 10.9 Å². The van der Waals surface area contributed by atoms with Crippen molar-refractivity contribution in [2.75, 3.05) is 10.6 Å². The third kappa shape index (κ3) is 4.23. The summed E-state index contributed by atoms with van der Waals surface area (Å²) in [4.78, 5) is 16.6. The van der Waals surface area contributed by atoms with Crippen LogP contribution in [0.2, 0.25) is 0 Å². The first kappa shape index (κ1) is 16.7. The first-order chi connectivity index (χ1) is 12.0. The lowest BCUT2D eigenvalue weighted by Gasteiger charge is -2.11. The van der Waals surface area contributed by atoms with E-state index in [1.54, 1.807) is 12.3 Å². The van der Waals surface area contributed by atoms with Gasteiger partial charge in [-0.1, -0.05) is 35.4 Å². The van der Waals surface area contributed by atoms with Crippen LogP contribution in [0.25, 0.3) is 0 Å². The number of hydrogen-bond acceptors (Lipinski definition) is 3. The second-order valence-electron chi connectivity index (χ2n) is 6.19. The predicted octanol–water partition coefficient (Wildman–Crippen LogP) is 5.00. The molecule has 0 bridgehead atoms. The van der Waals surface area contributed by atoms with E-state index in [1.165, 1.54) is 5.56 Å². The van der Waals surface area contributed by atoms with E-state index in [0.29, 0.717) is 5.69 Å². The quantitative estimate of drug-likeness (QED) is 0.707. The van der Waals surface area contributed by atoms with E-state index in [-0.39, 0.29) is 5.91 Å². The molecule has 4 heteroatoms. The molecule has 0 atom stereocenters. The molecule has 0 aliphatic carbocycles. The molecule has 0 spiro atoms. The maximum absolute atomic E-state index is 12.4. The third-order valence-electron chi connectivity index (χ3n) is 3.96. The van der Waals surface area contributed by atoms with Crippen molar-refractivity contribution in [3.63, 3.8) is 0 Å². The number of pyridine rings is 1. The summed E-state index contributed by atoms with van der Waals surface area (Å²) in [5.74, 6) is -0.229. The van der Waals surface area contributed by atoms with Gasteiger partial charge in [0.25, 0.3) is 5.91 Å². The van der Waals surface area contributed by atoms with Gasteiger partial charge in [0.05, 0.1) is 0 Å². The van der Waals surface area contributed by atoms with Gasteiger partial charge < -0.3 is 10.6 Å². The van der Waals surface area contributed by atoms with Gasteiger partial charge in [-0.05, 0) is 56.7 Å². The van der Waals surface area contributed by atoms with Crippen molar-refractivity contribution in [1.29, 1.82) is 0 Å². The Bertz CT molecular complexity index is 901. The number of aryl methyl sites for hydroxylation is 3. The molecule has 0 unspecified atom stereocenters. The first-order valence-corrected chi connectivity index (χ1v) is 8.19. The molecule has 0 radical (unpaired) electrons. The molecular formula is C21H21N3O. The van der Waals surface area contributed by atoms with Crippen LogP contribution in [0.15, 0.2) is 60.8 Å². The van der Waals surface area contributed by atoms with E-state index in [2.05, 4.69) is 41.6 Å². The van der Waals surface area contributed by atoms with Crippen molar-refractivity contribution in [2.45, 2.75) is 20.8 Å². The number of carbonyl (C=O) groups excluding carboxylic acids is 1. The molecule has 0 fully saturated rings. The lowest BCUT2D eigenvalue weighted by atomic mass is 10.1. The fourth-order valence-corrected chi connectivity index (χ4v) is 2.57. The Labute approximate surface area is 147 Å². The second kappa shape index (κ2) is 7.18. The van der Waals surface area contributed by atoms with Gasteiger partial charge in [0, 0.05) is 23.3 Å². The molecule has 126 valence electrons. The zero-order valence-electron chi connectivity index (χ0n) is 14.6. The van der Waals surface area contributed by atoms with Gasteiger partial charge >= 0.3 is 0 Å². The lowest BCUT2D eigenvalue weighted by Crippen LogP contribution is -2.13. The van der Waals surface area contributed by atoms with Crippen molar-refractivity contribution in [3.05, 3.63) is 83.2 Å². The average molecular weight is 331 g/mol. The van der Waals surface area contributed by atoms with Crippen LogP contribution in [0.5, 0.6) is 0 Å². The van der Waals surface area contributed by atoms with Crippen molar-refractivity contribution >= 4 is 23.0 Å². The number of benzene rings is 2. The number of aromatic nitrogens is 1. The van der Waals surface area contributed by atoms with Crippen LogP contribution in [0.4, 0.5) is 17.1 Å². The zero-order chi connectivity index (χ0) is 17.8. The minimum Gasteiger partial charge on any atom is -0.355 e. The maximum Gasteiger partial charge on any atom is 0.274 e. The Hall–Kier alpha value is -3.14. The molecule has 4 nitrogen and oxygen atoms in total. The summed E-state index contributed by atoms with van der Waals surface area (Å²) in [6.07, 6.45) is 1.63. The number of amides is 1. The molecule has 1 heterocycles. The van der Waals surface area contributed by atoms with Gasteiger partial charge in [-0.2, -0.15) is 0 Å². The first-order valence-electron chi connectivity index (χ1n) is 8.19. The van der Waals surface area contributed by atoms with Crippen LogP contribution in [-0.2, 0) is 0 Å². The molecule has 3 aromatic rings. The maximum atomic E-state index is 12.4. The van der Waals surface area contributed by atoms with Crippen molar-refractivity contribution in [3.8, 4) is 0 Å². The van der Waals surface area contributed by atoms with Crippen LogP contribution >= 0.6 is 0 Å². The Morgan fingerprint density at radius 1 is 0.840 bits per heavy atom. The summed E-state index contributed by atoms with van der Waals surface area (Å²) < 4.78 is 0. The van der Waals surface area contributed by atoms with Gasteiger partial charge in [-0.3, -0.25) is 9.78 Å². The highest BCUT2D eigenvalue weighted by molar-refractivity contribution is 6.03. The molecular weight excluding hydrogens is 310 g/mol. The third-order valence-corrected chi connectivity index (χ3v) is 3.96. The minimum absolute atomic E-state index is 0.229. The second-order valence-corrected chi connectivity index (χ2v) is 6.19. The number of nitrogens with one attached hydrogen (secondary N) is 2. The molecule has 0 aliphatic heterocycles. The fourth-order valence-electron chi connectivity index (χ4n) is 2.57. The zero-order valence-corrected chi connectivity index (χ0v) is 14.6. The van der Waals surface area contributed by atoms with Gasteiger partial charge in [0.2, 0.25) is 0 Å². The van der Waals surface area contributed by atoms with E-state index in [4.69, 9.17) is 0 Å². The summed E-state index contributed by atoms with van der Waals surface area (Å²) in [6.45, 7) is 6.13. The normalized spacial score (nSPS) is 10.4. The highest BCUT2D eigenvalue weighted by atomic mass is 16.1. The molecule has 25 heavy (non-hydrogen) atoms. The Kier molecular flexibility index (Phi) is 4.80. The molecule has 2 aromatic carbocycles. The SMILES string of the molecule is Cc1ccc(NC(=O)c2cc(Nc3ccc(C)cc3C)ccn2)cc1. The summed E-state index contributed by atoms with van der Waals surface area (Å²) in [7, 11) is 0. The topological polar surface area (TPSA) is 54.0 Å². The monoisotopic (exact) mass is 331 g/mol. The van der Waals surface area contributed by atoms with Gasteiger partial charge in [-0.25, -0.2) is 0 Å². The minimum atomic E-state index is -0.229. The summed E-state index contributed by atoms with van der Waals surface area (Å²) in [6, 6.07) is 17.5. The summed E-state index contributed by atoms with van der Waals surface area (Å²) >= 11 is 0. The fraction of sp³-hybridized carbons (Fsp3) is 0.143. The number of hydrogen-bond donors (Lipinski definition) is 2. The molecule has 1 amide bonds. The Balaban J connectivity index is 1.76. The number of rotatable bonds is 4. The Morgan fingerprint density at radius 3 is 2.28 bits per heavy atom. The van der Waals surface area contributed by atoms with E-state index in [9.17, 15) is 4.79 Å². The van der Waals surface area contributed by atoms with Crippen LogP contribution < -0.4 is 10.6 Å². The standard InChI is InChI=1S/C21H21N3O/c1-14-4-7-17(8-5-14)24-21(25)20-13-18(10-11-22-20)23-19-9-6-15(2)12-16(19)3/h4-13H,1-3H3,(H,22,23)(H,24,25). The van der Waals surface area contributed by atoms with E-state index in [1.807, 2.05) is 43.3 Å². The number of carbonyl (C=O) groups is 1. The van der Waals surface area contributed by atoms with Crippen LogP contribution in [0.1, 0.15) is 27.2 Å². The molecule has 2 N–H and O–H groups in total. The highest BCUT2D eigenvalue weighted by Gasteiger charge is 2.09. The lowest BCUT2D eigenvalue weighted by molar-refractivity contribution is 0.102. The summed E-state index contributed by atoms with van der Waals surface area (Å²) in [5, 5.41) is 6.21. The van der Waals surface area contributed by atoms with E-state index >= 15 is 0 Å². The van der Waals surface area contributed by atoms with Crippen molar-refractivity contribution in [2.24, 2.45) is 0 Å². The van der Waals surface area contributed by atoms with Crippen LogP contribution in [0.3, 0.4) is 0 Å². The molecule has 0 saturated carbocycles. The number of anilines is 3.